The molecule has 0 aromatic carbocycles. The average Bonchev–Trinajstić information content (AvgIpc) is 2.96. The Morgan fingerprint density at radius 2 is 2.10 bits per heavy atom. The molecule has 6 heteroatoms. The zero-order valence-corrected chi connectivity index (χ0v) is 20.8. The molecule has 30 heavy (non-hydrogen) atoms. The molecule has 0 radical (unpaired) electrons. The molecule has 1 atom stereocenters. The number of hydrogen-bond donors (Lipinski definition) is 1. The second-order valence-corrected chi connectivity index (χ2v) is 9.06. The van der Waals surface area contributed by atoms with Crippen molar-refractivity contribution in [1.82, 2.24) is 15.2 Å². The molecular formula is C24H30FN3OW. The van der Waals surface area contributed by atoms with Gasteiger partial charge in [0.1, 0.15) is 0 Å². The fourth-order valence-electron chi connectivity index (χ4n) is 4.03. The van der Waals surface area contributed by atoms with E-state index in [0.29, 0.717) is 11.3 Å². The fourth-order valence-corrected chi connectivity index (χ4v) is 5.39. The molecule has 0 aliphatic carbocycles. The SMILES string of the molecule is C=C(F)/C=C1\C(=C)OC2(C=C1c1ccc([C](=[W])N(CC)CC)cn1)CCCNCC2. The number of halogens is 1. The summed E-state index contributed by atoms with van der Waals surface area (Å²) >= 11 is 1.42. The van der Waals surface area contributed by atoms with Gasteiger partial charge in [-0.1, -0.05) is 0 Å². The van der Waals surface area contributed by atoms with Crippen LogP contribution in [0.1, 0.15) is 44.4 Å². The molecule has 2 aliphatic rings. The molecule has 0 bridgehead atoms. The van der Waals surface area contributed by atoms with Gasteiger partial charge in [-0.05, 0) is 0 Å². The number of ether oxygens (including phenoxy) is 1. The van der Waals surface area contributed by atoms with Gasteiger partial charge in [0.15, 0.2) is 0 Å². The van der Waals surface area contributed by atoms with E-state index in [1.807, 2.05) is 12.3 Å². The van der Waals surface area contributed by atoms with Crippen molar-refractivity contribution in [3.8, 4) is 0 Å². The Balaban J connectivity index is 2.02. The molecule has 1 unspecified atom stereocenters. The van der Waals surface area contributed by atoms with E-state index in [1.54, 1.807) is 0 Å². The van der Waals surface area contributed by atoms with Gasteiger partial charge in [-0.25, -0.2) is 0 Å². The third-order valence-electron chi connectivity index (χ3n) is 5.64. The van der Waals surface area contributed by atoms with Crippen LogP contribution in [0.3, 0.4) is 0 Å². The Kier molecular flexibility index (Phi) is 7.73. The number of nitrogens with one attached hydrogen (secondary N) is 1. The molecule has 160 valence electrons. The van der Waals surface area contributed by atoms with Crippen LogP contribution in [0.15, 0.2) is 60.8 Å². The molecule has 1 N–H and O–H groups in total. The number of rotatable bonds is 6. The van der Waals surface area contributed by atoms with Gasteiger partial charge in [-0.2, -0.15) is 0 Å². The Morgan fingerprint density at radius 3 is 2.73 bits per heavy atom. The van der Waals surface area contributed by atoms with Crippen molar-refractivity contribution in [1.29, 1.82) is 0 Å². The van der Waals surface area contributed by atoms with E-state index in [1.165, 1.54) is 29.5 Å². The van der Waals surface area contributed by atoms with Crippen LogP contribution in [0.2, 0.25) is 0 Å². The molecule has 1 spiro atoms. The van der Waals surface area contributed by atoms with E-state index in [4.69, 9.17) is 9.72 Å². The fraction of sp³-hybridized carbons (Fsp3) is 0.417. The summed E-state index contributed by atoms with van der Waals surface area (Å²) < 4.78 is 21.3. The standard InChI is InChI=1S/C24H30FN3O.W/c1-5-28(6-2)17-20-8-9-23(27-16-20)22-15-24(10-7-12-26-13-11-24)29-19(4)21(22)14-18(3)25;/h8-9,14-16,26H,3-7,10-13H2,1-2H3;/b21-14+;. The van der Waals surface area contributed by atoms with Crippen molar-refractivity contribution < 1.29 is 28.5 Å². The van der Waals surface area contributed by atoms with Crippen LogP contribution >= 0.6 is 0 Å². The van der Waals surface area contributed by atoms with E-state index in [-0.39, 0.29) is 0 Å². The summed E-state index contributed by atoms with van der Waals surface area (Å²) in [6.45, 7) is 15.6. The van der Waals surface area contributed by atoms with Crippen molar-refractivity contribution in [2.24, 2.45) is 0 Å². The van der Waals surface area contributed by atoms with Crippen LogP contribution in [0, 0.1) is 0 Å². The number of hydrogen-bond acceptors (Lipinski definition) is 4. The zero-order chi connectivity index (χ0) is 21.7. The summed E-state index contributed by atoms with van der Waals surface area (Å²) in [4.78, 5) is 7.10. The van der Waals surface area contributed by atoms with Crippen molar-refractivity contribution >= 4 is 9.59 Å². The van der Waals surface area contributed by atoms with Gasteiger partial charge in [0.2, 0.25) is 0 Å². The van der Waals surface area contributed by atoms with E-state index < -0.39 is 11.4 Å². The molecule has 1 saturated heterocycles. The van der Waals surface area contributed by atoms with Gasteiger partial charge in [-0.15, -0.1) is 0 Å². The van der Waals surface area contributed by atoms with Crippen LogP contribution in [0.5, 0.6) is 0 Å². The Labute approximate surface area is 190 Å². The Hall–Kier alpha value is -1.68. The molecule has 1 aromatic rings. The van der Waals surface area contributed by atoms with Gasteiger partial charge in [0.05, 0.1) is 0 Å². The molecule has 2 aliphatic heterocycles. The molecule has 3 heterocycles. The van der Waals surface area contributed by atoms with Crippen LogP contribution < -0.4 is 5.32 Å². The normalized spacial score (nSPS) is 23.3. The number of pyridine rings is 1. The molecule has 0 amide bonds. The number of allylic oxidation sites excluding steroid dienone is 3. The number of aromatic nitrogens is 1. The van der Waals surface area contributed by atoms with E-state index >= 15 is 0 Å². The van der Waals surface area contributed by atoms with E-state index in [9.17, 15) is 4.39 Å². The van der Waals surface area contributed by atoms with Crippen molar-refractivity contribution in [3.63, 3.8) is 0 Å². The first-order valence-electron chi connectivity index (χ1n) is 10.5. The summed E-state index contributed by atoms with van der Waals surface area (Å²) in [6.07, 6.45) is 8.18. The summed E-state index contributed by atoms with van der Waals surface area (Å²) in [6, 6.07) is 4.12. The third-order valence-corrected chi connectivity index (χ3v) is 7.42. The molecular weight excluding hydrogens is 549 g/mol. The molecule has 3 rings (SSSR count). The molecule has 1 fully saturated rings. The van der Waals surface area contributed by atoms with Gasteiger partial charge in [0.25, 0.3) is 0 Å². The monoisotopic (exact) mass is 579 g/mol. The predicted octanol–water partition coefficient (Wildman–Crippen LogP) is 4.30. The zero-order valence-electron chi connectivity index (χ0n) is 17.8. The summed E-state index contributed by atoms with van der Waals surface area (Å²) in [5.41, 5.74) is 2.97. The van der Waals surface area contributed by atoms with E-state index in [2.05, 4.69) is 49.4 Å². The van der Waals surface area contributed by atoms with Crippen LogP contribution in [0.4, 0.5) is 4.39 Å². The molecule has 1 aromatic heterocycles. The maximum absolute atomic E-state index is 13.8. The van der Waals surface area contributed by atoms with Gasteiger partial charge < -0.3 is 0 Å². The minimum absolute atomic E-state index is 0.432. The maximum atomic E-state index is 13.8. The quantitative estimate of drug-likeness (QED) is 0.546. The predicted molar refractivity (Wildman–Crippen MR) is 117 cm³/mol. The Morgan fingerprint density at radius 1 is 1.33 bits per heavy atom. The second-order valence-electron chi connectivity index (χ2n) is 7.67. The first kappa shape index (κ1) is 23.0. The van der Waals surface area contributed by atoms with Crippen LogP contribution in [-0.2, 0) is 24.1 Å². The average molecular weight is 579 g/mol. The number of nitrogens with zero attached hydrogens (tertiary/aromatic N) is 2. The summed E-state index contributed by atoms with van der Waals surface area (Å²) in [5, 5.41) is 3.42. The summed E-state index contributed by atoms with van der Waals surface area (Å²) in [5.74, 6) is -0.0422. The summed E-state index contributed by atoms with van der Waals surface area (Å²) in [7, 11) is 0. The molecule has 4 nitrogen and oxygen atoms in total. The van der Waals surface area contributed by atoms with Crippen LogP contribution in [-0.4, -0.2) is 45.7 Å². The van der Waals surface area contributed by atoms with E-state index in [0.717, 1.165) is 62.3 Å². The van der Waals surface area contributed by atoms with Gasteiger partial charge >= 0.3 is 190 Å². The minimum atomic E-state index is -0.523. The molecule has 0 saturated carbocycles. The Bertz CT molecular complexity index is 876. The topological polar surface area (TPSA) is 37.4 Å². The third kappa shape index (κ3) is 5.14. The van der Waals surface area contributed by atoms with Crippen molar-refractivity contribution in [2.45, 2.75) is 38.7 Å². The second kappa shape index (κ2) is 10.1. The van der Waals surface area contributed by atoms with Crippen molar-refractivity contribution in [2.75, 3.05) is 26.2 Å². The van der Waals surface area contributed by atoms with Crippen molar-refractivity contribution in [3.05, 3.63) is 72.1 Å². The van der Waals surface area contributed by atoms with Gasteiger partial charge in [0, 0.05) is 0 Å². The van der Waals surface area contributed by atoms with Crippen LogP contribution in [0.25, 0.3) is 5.57 Å². The first-order valence-corrected chi connectivity index (χ1v) is 12.0. The van der Waals surface area contributed by atoms with Gasteiger partial charge in [-0.3, -0.25) is 0 Å². The first-order chi connectivity index (χ1) is 14.4.